The molecule has 1 saturated heterocycles. The van der Waals surface area contributed by atoms with E-state index in [9.17, 15) is 4.79 Å². The lowest BCUT2D eigenvalue weighted by Crippen LogP contribution is -2.48. The highest BCUT2D eigenvalue weighted by molar-refractivity contribution is 5.83. The third kappa shape index (κ3) is 4.06. The lowest BCUT2D eigenvalue weighted by Gasteiger charge is -2.35. The van der Waals surface area contributed by atoms with Crippen LogP contribution in [0.25, 0.3) is 0 Å². The molecule has 0 amide bonds. The Hall–Kier alpha value is -0.410. The van der Waals surface area contributed by atoms with Gasteiger partial charge in [0.1, 0.15) is 5.78 Å². The Morgan fingerprint density at radius 3 is 2.22 bits per heavy atom. The van der Waals surface area contributed by atoms with Gasteiger partial charge in [-0.15, -0.1) is 0 Å². The van der Waals surface area contributed by atoms with Gasteiger partial charge in [0.15, 0.2) is 0 Å². The fourth-order valence-corrected chi connectivity index (χ4v) is 3.26. The molecular weight excluding hydrogens is 224 g/mol. The summed E-state index contributed by atoms with van der Waals surface area (Å²) in [5.41, 5.74) is 0. The zero-order valence-corrected chi connectivity index (χ0v) is 11.9. The monoisotopic (exact) mass is 252 g/mol. The summed E-state index contributed by atoms with van der Waals surface area (Å²) in [5.74, 6) is 0.895. The number of piperazine rings is 1. The number of carbonyl (C=O) groups is 1. The molecule has 0 radical (unpaired) electrons. The van der Waals surface area contributed by atoms with Gasteiger partial charge in [0.2, 0.25) is 0 Å². The molecule has 2 fully saturated rings. The molecule has 18 heavy (non-hydrogen) atoms. The largest absolute Gasteiger partial charge is 0.301 e. The normalized spacial score (nSPS) is 24.3. The number of ketones is 1. The molecule has 1 heterocycles. The van der Waals surface area contributed by atoms with Gasteiger partial charge < -0.3 is 4.90 Å². The Kier molecular flexibility index (Phi) is 5.64. The third-order valence-corrected chi connectivity index (χ3v) is 4.44. The Bertz CT molecular complexity index is 253. The summed E-state index contributed by atoms with van der Waals surface area (Å²) in [6.45, 7) is 8.61. The van der Waals surface area contributed by atoms with E-state index in [0.717, 1.165) is 39.0 Å². The highest BCUT2D eigenvalue weighted by Crippen LogP contribution is 2.24. The molecule has 1 saturated carbocycles. The average Bonchev–Trinajstić information content (AvgIpc) is 2.42. The van der Waals surface area contributed by atoms with Crippen molar-refractivity contribution in [1.82, 2.24) is 9.80 Å². The van der Waals surface area contributed by atoms with Crippen LogP contribution in [0.4, 0.5) is 0 Å². The predicted molar refractivity (Wildman–Crippen MR) is 74.8 cm³/mol. The highest BCUT2D eigenvalue weighted by atomic mass is 16.1. The third-order valence-electron chi connectivity index (χ3n) is 4.44. The zero-order chi connectivity index (χ0) is 12.8. The van der Waals surface area contributed by atoms with E-state index >= 15 is 0 Å². The smallest absolute Gasteiger partial charge is 0.149 e. The van der Waals surface area contributed by atoms with Crippen molar-refractivity contribution in [2.75, 3.05) is 39.3 Å². The first-order chi connectivity index (χ1) is 8.79. The highest BCUT2D eigenvalue weighted by Gasteiger charge is 2.24. The molecule has 0 N–H and O–H groups in total. The Morgan fingerprint density at radius 1 is 1.00 bits per heavy atom. The van der Waals surface area contributed by atoms with Crippen molar-refractivity contribution in [3.8, 4) is 0 Å². The number of nitrogens with zero attached hydrogens (tertiary/aromatic N) is 2. The van der Waals surface area contributed by atoms with Crippen LogP contribution in [0.3, 0.4) is 0 Å². The van der Waals surface area contributed by atoms with Gasteiger partial charge in [-0.3, -0.25) is 9.69 Å². The van der Waals surface area contributed by atoms with E-state index in [1.54, 1.807) is 0 Å². The summed E-state index contributed by atoms with van der Waals surface area (Å²) in [6.07, 6.45) is 7.39. The molecule has 1 aliphatic carbocycles. The van der Waals surface area contributed by atoms with Crippen molar-refractivity contribution in [3.63, 3.8) is 0 Å². The molecule has 104 valence electrons. The molecule has 0 spiro atoms. The molecule has 2 aliphatic rings. The molecular formula is C15H28N2O. The maximum Gasteiger partial charge on any atom is 0.149 e. The van der Waals surface area contributed by atoms with Crippen LogP contribution in [-0.2, 0) is 4.79 Å². The quantitative estimate of drug-likeness (QED) is 0.749. The lowest BCUT2D eigenvalue weighted by molar-refractivity contribution is -0.125. The van der Waals surface area contributed by atoms with Gasteiger partial charge in [-0.05, 0) is 25.8 Å². The van der Waals surface area contributed by atoms with Crippen LogP contribution in [0.15, 0.2) is 0 Å². The molecule has 3 nitrogen and oxygen atoms in total. The van der Waals surface area contributed by atoms with Crippen LogP contribution in [0, 0.1) is 5.92 Å². The van der Waals surface area contributed by atoms with Crippen LogP contribution in [0.1, 0.15) is 45.4 Å². The summed E-state index contributed by atoms with van der Waals surface area (Å²) in [7, 11) is 0. The van der Waals surface area contributed by atoms with E-state index < -0.39 is 0 Å². The summed E-state index contributed by atoms with van der Waals surface area (Å²) in [4.78, 5) is 17.1. The Balaban J connectivity index is 1.68. The van der Waals surface area contributed by atoms with Gasteiger partial charge in [0.25, 0.3) is 0 Å². The van der Waals surface area contributed by atoms with Crippen LogP contribution in [-0.4, -0.2) is 54.9 Å². The molecule has 0 unspecified atom stereocenters. The minimum atomic E-state index is 0.382. The first-order valence-corrected chi connectivity index (χ1v) is 7.77. The topological polar surface area (TPSA) is 23.6 Å². The van der Waals surface area contributed by atoms with Crippen molar-refractivity contribution in [1.29, 1.82) is 0 Å². The average molecular weight is 252 g/mol. The minimum absolute atomic E-state index is 0.382. The van der Waals surface area contributed by atoms with E-state index in [1.807, 2.05) is 0 Å². The van der Waals surface area contributed by atoms with Gasteiger partial charge in [-0.2, -0.15) is 0 Å². The second-order valence-electron chi connectivity index (χ2n) is 5.92. The lowest BCUT2D eigenvalue weighted by atomic mass is 9.86. The molecule has 2 rings (SSSR count). The minimum Gasteiger partial charge on any atom is -0.301 e. The molecule has 0 bridgehead atoms. The van der Waals surface area contributed by atoms with E-state index in [0.29, 0.717) is 18.2 Å². The molecule has 0 aromatic carbocycles. The summed E-state index contributed by atoms with van der Waals surface area (Å²) in [5, 5.41) is 0. The Morgan fingerprint density at radius 2 is 1.61 bits per heavy atom. The molecule has 0 aromatic heterocycles. The second kappa shape index (κ2) is 7.25. The Labute approximate surface area is 112 Å². The van der Waals surface area contributed by atoms with Crippen molar-refractivity contribution in [3.05, 3.63) is 0 Å². The number of hydrogen-bond acceptors (Lipinski definition) is 3. The van der Waals surface area contributed by atoms with Crippen molar-refractivity contribution in [2.24, 2.45) is 5.92 Å². The maximum atomic E-state index is 12.2. The van der Waals surface area contributed by atoms with E-state index in [-0.39, 0.29) is 0 Å². The zero-order valence-electron chi connectivity index (χ0n) is 11.9. The van der Waals surface area contributed by atoms with E-state index in [1.165, 1.54) is 32.2 Å². The van der Waals surface area contributed by atoms with Gasteiger partial charge in [0.05, 0.1) is 6.54 Å². The summed E-state index contributed by atoms with van der Waals surface area (Å²) >= 11 is 0. The molecule has 0 atom stereocenters. The molecule has 3 heteroatoms. The van der Waals surface area contributed by atoms with Crippen LogP contribution in [0.2, 0.25) is 0 Å². The second-order valence-corrected chi connectivity index (χ2v) is 5.92. The van der Waals surface area contributed by atoms with Crippen LogP contribution < -0.4 is 0 Å². The first kappa shape index (κ1) is 14.0. The first-order valence-electron chi connectivity index (χ1n) is 7.77. The number of rotatable bonds is 5. The van der Waals surface area contributed by atoms with Crippen molar-refractivity contribution in [2.45, 2.75) is 45.4 Å². The van der Waals surface area contributed by atoms with Gasteiger partial charge >= 0.3 is 0 Å². The standard InChI is InChI=1S/C15H28N2O/c1-2-8-16-9-11-17(12-10-16)13-15(18)14-6-4-3-5-7-14/h14H,2-13H2,1H3. The predicted octanol–water partition coefficient (Wildman–Crippen LogP) is 2.16. The van der Waals surface area contributed by atoms with Crippen LogP contribution in [0.5, 0.6) is 0 Å². The van der Waals surface area contributed by atoms with Crippen LogP contribution >= 0.6 is 0 Å². The number of hydrogen-bond donors (Lipinski definition) is 0. The SMILES string of the molecule is CCCN1CCN(CC(=O)C2CCCCC2)CC1. The summed E-state index contributed by atoms with van der Waals surface area (Å²) in [6, 6.07) is 0. The van der Waals surface area contributed by atoms with Crippen molar-refractivity contribution >= 4 is 5.78 Å². The fraction of sp³-hybridized carbons (Fsp3) is 0.933. The van der Waals surface area contributed by atoms with Crippen molar-refractivity contribution < 1.29 is 4.79 Å². The van der Waals surface area contributed by atoms with Gasteiger partial charge in [-0.1, -0.05) is 26.2 Å². The molecule has 0 aromatic rings. The van der Waals surface area contributed by atoms with Gasteiger partial charge in [-0.25, -0.2) is 0 Å². The maximum absolute atomic E-state index is 12.2. The number of carbonyl (C=O) groups excluding carboxylic acids is 1. The number of Topliss-reactive ketones (excluding diaryl/α,β-unsaturated/α-hetero) is 1. The van der Waals surface area contributed by atoms with E-state index in [4.69, 9.17) is 0 Å². The van der Waals surface area contributed by atoms with Gasteiger partial charge in [0, 0.05) is 32.1 Å². The summed E-state index contributed by atoms with van der Waals surface area (Å²) < 4.78 is 0. The molecule has 1 aliphatic heterocycles. The van der Waals surface area contributed by atoms with E-state index in [2.05, 4.69) is 16.7 Å². The fourth-order valence-electron chi connectivity index (χ4n) is 3.26.